The maximum atomic E-state index is 12.6. The molecule has 3 rings (SSSR count). The van der Waals surface area contributed by atoms with Gasteiger partial charge in [-0.25, -0.2) is 0 Å². The minimum atomic E-state index is -0.299. The van der Waals surface area contributed by atoms with Gasteiger partial charge < -0.3 is 15.2 Å². The molecule has 0 saturated heterocycles. The second-order valence-electron chi connectivity index (χ2n) is 8.37. The molecule has 0 unspecified atom stereocenters. The Labute approximate surface area is 188 Å². The number of thioether (sulfide) groups is 1. The van der Waals surface area contributed by atoms with Gasteiger partial charge in [0.25, 0.3) is 5.91 Å². The third kappa shape index (κ3) is 6.09. The van der Waals surface area contributed by atoms with Gasteiger partial charge in [-0.05, 0) is 51.7 Å². The summed E-state index contributed by atoms with van der Waals surface area (Å²) in [5, 5.41) is 15.4. The molecular formula is C23H33N5O2S. The van der Waals surface area contributed by atoms with Crippen LogP contribution in [0.3, 0.4) is 0 Å². The number of nitrogens with one attached hydrogen (secondary N) is 2. The van der Waals surface area contributed by atoms with Gasteiger partial charge in [-0.15, -0.1) is 10.2 Å². The van der Waals surface area contributed by atoms with Crippen molar-refractivity contribution in [3.63, 3.8) is 0 Å². The lowest BCUT2D eigenvalue weighted by atomic mass is 9.86. The van der Waals surface area contributed by atoms with Gasteiger partial charge >= 0.3 is 0 Å². The van der Waals surface area contributed by atoms with Crippen LogP contribution in [0.4, 0.5) is 0 Å². The molecule has 31 heavy (non-hydrogen) atoms. The second kappa shape index (κ2) is 10.8. The van der Waals surface area contributed by atoms with Gasteiger partial charge in [0, 0.05) is 18.2 Å². The molecule has 1 aromatic heterocycles. The minimum absolute atomic E-state index is 0.0386. The van der Waals surface area contributed by atoms with Gasteiger partial charge in [-0.1, -0.05) is 49.2 Å². The molecule has 1 aliphatic rings. The smallest absolute Gasteiger partial charge is 0.251 e. The van der Waals surface area contributed by atoms with E-state index in [1.54, 1.807) is 0 Å². The van der Waals surface area contributed by atoms with E-state index in [1.165, 1.54) is 31.0 Å². The Balaban J connectivity index is 1.58. The van der Waals surface area contributed by atoms with E-state index >= 15 is 0 Å². The lowest BCUT2D eigenvalue weighted by Crippen LogP contribution is -2.41. The van der Waals surface area contributed by atoms with Gasteiger partial charge in [-0.2, -0.15) is 0 Å². The Kier molecular flexibility index (Phi) is 8.12. The number of rotatable bonds is 8. The van der Waals surface area contributed by atoms with Crippen molar-refractivity contribution in [2.45, 2.75) is 77.2 Å². The molecule has 2 aromatic rings. The molecular weight excluding hydrogens is 410 g/mol. The van der Waals surface area contributed by atoms with Crippen molar-refractivity contribution in [2.24, 2.45) is 5.92 Å². The highest BCUT2D eigenvalue weighted by atomic mass is 32.2. The Morgan fingerprint density at radius 1 is 1.19 bits per heavy atom. The Morgan fingerprint density at radius 3 is 2.58 bits per heavy atom. The summed E-state index contributed by atoms with van der Waals surface area (Å²) in [6.45, 7) is 8.77. The lowest BCUT2D eigenvalue weighted by Gasteiger charge is -2.29. The maximum absolute atomic E-state index is 12.6. The van der Waals surface area contributed by atoms with Crippen LogP contribution in [0.25, 0.3) is 0 Å². The quantitative estimate of drug-likeness (QED) is 0.605. The van der Waals surface area contributed by atoms with Crippen molar-refractivity contribution < 1.29 is 9.59 Å². The van der Waals surface area contributed by atoms with Crippen molar-refractivity contribution in [3.8, 4) is 0 Å². The van der Waals surface area contributed by atoms with E-state index < -0.39 is 0 Å². The average molecular weight is 444 g/mol. The molecule has 0 bridgehead atoms. The van der Waals surface area contributed by atoms with Gasteiger partial charge in [0.05, 0.1) is 11.8 Å². The van der Waals surface area contributed by atoms with E-state index in [0.717, 1.165) is 12.0 Å². The van der Waals surface area contributed by atoms with Crippen molar-refractivity contribution in [3.05, 3.63) is 41.2 Å². The number of aryl methyl sites for hydroxylation is 1. The molecule has 1 saturated carbocycles. The van der Waals surface area contributed by atoms with Crippen LogP contribution in [-0.4, -0.2) is 38.4 Å². The van der Waals surface area contributed by atoms with E-state index in [2.05, 4.69) is 27.8 Å². The largest absolute Gasteiger partial charge is 0.352 e. The molecule has 0 radical (unpaired) electrons. The van der Waals surface area contributed by atoms with Crippen LogP contribution in [0.15, 0.2) is 29.4 Å². The van der Waals surface area contributed by atoms with Crippen LogP contribution in [0.2, 0.25) is 0 Å². The zero-order chi connectivity index (χ0) is 22.4. The molecule has 1 heterocycles. The monoisotopic (exact) mass is 443 g/mol. The van der Waals surface area contributed by atoms with Gasteiger partial charge in [0.1, 0.15) is 0 Å². The first-order valence-corrected chi connectivity index (χ1v) is 12.1. The SMILES string of the molecule is CCn1c(SCC(=O)N[C@@H]2CCCC[C@@H]2C)nnc1[C@@H](C)NC(=O)c1ccc(C)cc1. The lowest BCUT2D eigenvalue weighted by molar-refractivity contribution is -0.119. The first-order chi connectivity index (χ1) is 14.9. The molecule has 168 valence electrons. The molecule has 2 amide bonds. The summed E-state index contributed by atoms with van der Waals surface area (Å²) in [6, 6.07) is 7.44. The Bertz CT molecular complexity index is 896. The number of carbonyl (C=O) groups is 2. The number of hydrogen-bond acceptors (Lipinski definition) is 5. The first kappa shape index (κ1) is 23.3. The predicted octanol–water partition coefficient (Wildman–Crippen LogP) is 3.88. The fraction of sp³-hybridized carbons (Fsp3) is 0.565. The predicted molar refractivity (Wildman–Crippen MR) is 123 cm³/mol. The molecule has 1 fully saturated rings. The zero-order valence-electron chi connectivity index (χ0n) is 18.9. The topological polar surface area (TPSA) is 88.9 Å². The summed E-state index contributed by atoms with van der Waals surface area (Å²) in [5.74, 6) is 1.43. The van der Waals surface area contributed by atoms with Crippen LogP contribution in [0, 0.1) is 12.8 Å². The van der Waals surface area contributed by atoms with E-state index in [0.29, 0.717) is 34.8 Å². The van der Waals surface area contributed by atoms with Crippen LogP contribution in [-0.2, 0) is 11.3 Å². The molecule has 2 N–H and O–H groups in total. The summed E-state index contributed by atoms with van der Waals surface area (Å²) in [7, 11) is 0. The summed E-state index contributed by atoms with van der Waals surface area (Å²) in [5.41, 5.74) is 1.72. The van der Waals surface area contributed by atoms with Gasteiger partial charge in [0.2, 0.25) is 5.91 Å². The van der Waals surface area contributed by atoms with E-state index in [9.17, 15) is 9.59 Å². The van der Waals surface area contributed by atoms with Gasteiger partial charge in [0.15, 0.2) is 11.0 Å². The molecule has 3 atom stereocenters. The van der Waals surface area contributed by atoms with E-state index in [-0.39, 0.29) is 23.9 Å². The normalized spacial score (nSPS) is 19.6. The third-order valence-electron chi connectivity index (χ3n) is 5.90. The molecule has 7 nitrogen and oxygen atoms in total. The maximum Gasteiger partial charge on any atom is 0.251 e. The zero-order valence-corrected chi connectivity index (χ0v) is 19.7. The van der Waals surface area contributed by atoms with Crippen LogP contribution in [0.5, 0.6) is 0 Å². The Morgan fingerprint density at radius 2 is 1.90 bits per heavy atom. The number of benzene rings is 1. The van der Waals surface area contributed by atoms with Crippen molar-refractivity contribution in [1.29, 1.82) is 0 Å². The summed E-state index contributed by atoms with van der Waals surface area (Å²) in [6.07, 6.45) is 4.67. The molecule has 8 heteroatoms. The van der Waals surface area contributed by atoms with E-state index in [1.807, 2.05) is 49.6 Å². The highest BCUT2D eigenvalue weighted by molar-refractivity contribution is 7.99. The number of nitrogens with zero attached hydrogens (tertiary/aromatic N) is 3. The second-order valence-corrected chi connectivity index (χ2v) is 9.31. The van der Waals surface area contributed by atoms with Crippen LogP contribution >= 0.6 is 11.8 Å². The van der Waals surface area contributed by atoms with Crippen molar-refractivity contribution in [2.75, 3.05) is 5.75 Å². The van der Waals surface area contributed by atoms with Crippen LogP contribution < -0.4 is 10.6 Å². The molecule has 1 aliphatic carbocycles. The molecule has 1 aromatic carbocycles. The summed E-state index contributed by atoms with van der Waals surface area (Å²) >= 11 is 1.39. The van der Waals surface area contributed by atoms with Gasteiger partial charge in [-0.3, -0.25) is 9.59 Å². The summed E-state index contributed by atoms with van der Waals surface area (Å²) in [4.78, 5) is 25.0. The standard InChI is InChI=1S/C23H33N5O2S/c1-5-28-21(17(4)24-22(30)18-12-10-15(2)11-13-18)26-27-23(28)31-14-20(29)25-19-9-7-6-8-16(19)3/h10-13,16-17,19H,5-9,14H2,1-4H3,(H,24,30)(H,25,29)/t16-,17+,19+/m0/s1. The molecule has 0 aliphatic heterocycles. The molecule has 0 spiro atoms. The van der Waals surface area contributed by atoms with Crippen molar-refractivity contribution in [1.82, 2.24) is 25.4 Å². The minimum Gasteiger partial charge on any atom is -0.352 e. The fourth-order valence-electron chi connectivity index (χ4n) is 3.98. The van der Waals surface area contributed by atoms with Crippen molar-refractivity contribution >= 4 is 23.6 Å². The highest BCUT2D eigenvalue weighted by Crippen LogP contribution is 2.25. The number of aromatic nitrogens is 3. The summed E-state index contributed by atoms with van der Waals surface area (Å²) < 4.78 is 1.96. The Hall–Kier alpha value is -2.35. The van der Waals surface area contributed by atoms with E-state index in [4.69, 9.17) is 0 Å². The number of carbonyl (C=O) groups excluding carboxylic acids is 2. The number of hydrogen-bond donors (Lipinski definition) is 2. The number of amides is 2. The first-order valence-electron chi connectivity index (χ1n) is 11.1. The third-order valence-corrected chi connectivity index (χ3v) is 6.87. The highest BCUT2D eigenvalue weighted by Gasteiger charge is 2.24. The van der Waals surface area contributed by atoms with Crippen LogP contribution in [0.1, 0.15) is 74.2 Å². The average Bonchev–Trinajstić information content (AvgIpc) is 3.17. The fourth-order valence-corrected chi connectivity index (χ4v) is 4.80.